The Kier molecular flexibility index (Phi) is 7.79. The summed E-state index contributed by atoms with van der Waals surface area (Å²) in [7, 11) is -3.56. The van der Waals surface area contributed by atoms with Crippen LogP contribution in [0.3, 0.4) is 0 Å². The number of benzene rings is 3. The van der Waals surface area contributed by atoms with Crippen molar-refractivity contribution in [3.63, 3.8) is 0 Å². The van der Waals surface area contributed by atoms with Gasteiger partial charge in [0.05, 0.1) is 33.3 Å². The van der Waals surface area contributed by atoms with E-state index in [4.69, 9.17) is 28.3 Å². The first-order valence-electron chi connectivity index (χ1n) is 9.72. The lowest BCUT2D eigenvalue weighted by Crippen LogP contribution is -2.31. The molecule has 3 aromatic rings. The molecule has 3 aromatic carbocycles. The maximum atomic E-state index is 12.7. The van der Waals surface area contributed by atoms with Gasteiger partial charge in [0.25, 0.3) is 0 Å². The summed E-state index contributed by atoms with van der Waals surface area (Å²) in [6.07, 6.45) is 0. The number of anilines is 1. The van der Waals surface area contributed by atoms with Crippen molar-refractivity contribution < 1.29 is 18.3 Å². The number of aliphatic hydroxyl groups excluding tert-OH is 1. The van der Waals surface area contributed by atoms with Crippen LogP contribution in [0.1, 0.15) is 29.7 Å². The Morgan fingerprint density at radius 1 is 0.969 bits per heavy atom. The number of carbonyl (C=O) groups is 1. The summed E-state index contributed by atoms with van der Waals surface area (Å²) in [6.45, 7) is 1.68. The second kappa shape index (κ2) is 10.4. The first-order chi connectivity index (χ1) is 15.2. The SMILES string of the molecule is CC(NC(=O)Nc1ccc(S(=O)(=O)Cc2ccc(CO)cc2)cc1)c1cccc(Cl)c1Cl. The van der Waals surface area contributed by atoms with Crippen molar-refractivity contribution in [2.45, 2.75) is 30.2 Å². The highest BCUT2D eigenvalue weighted by molar-refractivity contribution is 7.90. The molecule has 0 saturated carbocycles. The van der Waals surface area contributed by atoms with Gasteiger partial charge in [-0.15, -0.1) is 0 Å². The molecule has 1 unspecified atom stereocenters. The molecule has 3 N–H and O–H groups in total. The van der Waals surface area contributed by atoms with Crippen LogP contribution < -0.4 is 10.6 Å². The number of amides is 2. The van der Waals surface area contributed by atoms with Gasteiger partial charge in [-0.25, -0.2) is 13.2 Å². The number of carbonyl (C=O) groups excluding carboxylic acids is 1. The predicted molar refractivity (Wildman–Crippen MR) is 127 cm³/mol. The Hall–Kier alpha value is -2.58. The van der Waals surface area contributed by atoms with Gasteiger partial charge in [0.2, 0.25) is 0 Å². The van der Waals surface area contributed by atoms with Gasteiger partial charge < -0.3 is 15.7 Å². The van der Waals surface area contributed by atoms with Crippen LogP contribution in [0.25, 0.3) is 0 Å². The van der Waals surface area contributed by atoms with Crippen LogP contribution in [0.4, 0.5) is 10.5 Å². The number of aliphatic hydroxyl groups is 1. The van der Waals surface area contributed by atoms with Crippen LogP contribution in [0, 0.1) is 0 Å². The van der Waals surface area contributed by atoms with Gasteiger partial charge in [-0.1, -0.05) is 59.6 Å². The monoisotopic (exact) mass is 492 g/mol. The van der Waals surface area contributed by atoms with Crippen molar-refractivity contribution in [3.8, 4) is 0 Å². The highest BCUT2D eigenvalue weighted by Crippen LogP contribution is 2.29. The fraction of sp³-hybridized carbons (Fsp3) is 0.174. The Bertz CT molecular complexity index is 1200. The number of halogens is 2. The summed E-state index contributed by atoms with van der Waals surface area (Å²) in [6, 6.07) is 17.0. The molecule has 0 bridgehead atoms. The van der Waals surface area contributed by atoms with E-state index < -0.39 is 21.9 Å². The number of hydrogen-bond acceptors (Lipinski definition) is 4. The normalized spacial score (nSPS) is 12.2. The fourth-order valence-corrected chi connectivity index (χ4v) is 4.91. The third-order valence-corrected chi connectivity index (χ3v) is 7.37. The van der Waals surface area contributed by atoms with Crippen LogP contribution in [-0.2, 0) is 22.2 Å². The molecular weight excluding hydrogens is 471 g/mol. The molecule has 0 fully saturated rings. The van der Waals surface area contributed by atoms with Gasteiger partial charge >= 0.3 is 6.03 Å². The Morgan fingerprint density at radius 2 is 1.59 bits per heavy atom. The van der Waals surface area contributed by atoms with Crippen molar-refractivity contribution in [1.29, 1.82) is 0 Å². The molecule has 0 aliphatic carbocycles. The van der Waals surface area contributed by atoms with E-state index in [0.717, 1.165) is 0 Å². The molecule has 6 nitrogen and oxygen atoms in total. The number of hydrogen-bond donors (Lipinski definition) is 3. The average Bonchev–Trinajstić information content (AvgIpc) is 2.76. The molecule has 32 heavy (non-hydrogen) atoms. The molecular formula is C23H22Cl2N2O4S. The summed E-state index contributed by atoms with van der Waals surface area (Å²) >= 11 is 12.2. The minimum atomic E-state index is -3.56. The number of rotatable bonds is 7. The Labute approximate surface area is 197 Å². The third kappa shape index (κ3) is 6.01. The topological polar surface area (TPSA) is 95.5 Å². The first kappa shape index (κ1) is 24.1. The van der Waals surface area contributed by atoms with Gasteiger partial charge in [0.15, 0.2) is 9.84 Å². The van der Waals surface area contributed by atoms with Crippen LogP contribution in [0.2, 0.25) is 10.0 Å². The highest BCUT2D eigenvalue weighted by atomic mass is 35.5. The standard InChI is InChI=1S/C23H22Cl2N2O4S/c1-15(20-3-2-4-21(24)22(20)25)26-23(29)27-18-9-11-19(12-10-18)32(30,31)14-17-7-5-16(13-28)6-8-17/h2-12,15,28H,13-14H2,1H3,(H2,26,27,29). The summed E-state index contributed by atoms with van der Waals surface area (Å²) in [4.78, 5) is 12.5. The van der Waals surface area contributed by atoms with Crippen LogP contribution >= 0.6 is 23.2 Å². The van der Waals surface area contributed by atoms with Gasteiger partial charge in [-0.05, 0) is 53.9 Å². The summed E-state index contributed by atoms with van der Waals surface area (Å²) < 4.78 is 25.4. The van der Waals surface area contributed by atoms with Gasteiger partial charge in [0.1, 0.15) is 0 Å². The molecule has 168 valence electrons. The zero-order valence-electron chi connectivity index (χ0n) is 17.2. The van der Waals surface area contributed by atoms with Crippen LogP contribution in [0.15, 0.2) is 71.6 Å². The molecule has 0 aromatic heterocycles. The summed E-state index contributed by atoms with van der Waals surface area (Å²) in [5.74, 6) is -0.163. The Morgan fingerprint density at radius 3 is 2.22 bits per heavy atom. The highest BCUT2D eigenvalue weighted by Gasteiger charge is 2.17. The van der Waals surface area contributed by atoms with E-state index in [0.29, 0.717) is 32.4 Å². The molecule has 0 aliphatic heterocycles. The van der Waals surface area contributed by atoms with E-state index >= 15 is 0 Å². The second-order valence-corrected chi connectivity index (χ2v) is 10.00. The van der Waals surface area contributed by atoms with Crippen molar-refractivity contribution >= 4 is 44.8 Å². The fourth-order valence-electron chi connectivity index (χ4n) is 3.09. The van der Waals surface area contributed by atoms with Gasteiger partial charge in [-0.3, -0.25) is 0 Å². The molecule has 1 atom stereocenters. The molecule has 0 saturated heterocycles. The first-order valence-corrected chi connectivity index (χ1v) is 12.1. The van der Waals surface area contributed by atoms with E-state index in [1.54, 1.807) is 49.4 Å². The zero-order chi connectivity index (χ0) is 23.3. The second-order valence-electron chi connectivity index (χ2n) is 7.22. The molecule has 0 aliphatic rings. The lowest BCUT2D eigenvalue weighted by molar-refractivity contribution is 0.249. The molecule has 2 amide bonds. The number of nitrogens with one attached hydrogen (secondary N) is 2. The van der Waals surface area contributed by atoms with Gasteiger partial charge in [-0.2, -0.15) is 0 Å². The predicted octanol–water partition coefficient (Wildman–Crippen LogP) is 5.34. The molecule has 0 radical (unpaired) electrons. The minimum absolute atomic E-state index is 0.0972. The largest absolute Gasteiger partial charge is 0.392 e. The third-order valence-electron chi connectivity index (χ3n) is 4.83. The van der Waals surface area contributed by atoms with Crippen molar-refractivity contribution in [3.05, 3.63) is 93.5 Å². The average molecular weight is 493 g/mol. The van der Waals surface area contributed by atoms with Crippen molar-refractivity contribution in [2.24, 2.45) is 0 Å². The molecule has 0 heterocycles. The molecule has 3 rings (SSSR count). The maximum Gasteiger partial charge on any atom is 0.319 e. The number of sulfone groups is 1. The van der Waals surface area contributed by atoms with Gasteiger partial charge in [0, 0.05) is 5.69 Å². The van der Waals surface area contributed by atoms with Crippen LogP contribution in [-0.4, -0.2) is 19.6 Å². The Balaban J connectivity index is 1.63. The number of urea groups is 1. The smallest absolute Gasteiger partial charge is 0.319 e. The van der Waals surface area contributed by atoms with Crippen LogP contribution in [0.5, 0.6) is 0 Å². The molecule has 9 heteroatoms. The quantitative estimate of drug-likeness (QED) is 0.414. The molecule has 0 spiro atoms. The zero-order valence-corrected chi connectivity index (χ0v) is 19.5. The van der Waals surface area contributed by atoms with E-state index in [-0.39, 0.29) is 17.3 Å². The van der Waals surface area contributed by atoms with E-state index in [1.807, 2.05) is 0 Å². The van der Waals surface area contributed by atoms with E-state index in [1.165, 1.54) is 24.3 Å². The maximum absolute atomic E-state index is 12.7. The summed E-state index contributed by atoms with van der Waals surface area (Å²) in [5, 5.41) is 15.3. The van der Waals surface area contributed by atoms with Crippen molar-refractivity contribution in [2.75, 3.05) is 5.32 Å². The van der Waals surface area contributed by atoms with E-state index in [9.17, 15) is 13.2 Å². The van der Waals surface area contributed by atoms with Crippen molar-refractivity contribution in [1.82, 2.24) is 5.32 Å². The summed E-state index contributed by atoms with van der Waals surface area (Å²) in [5.41, 5.74) is 2.46. The van der Waals surface area contributed by atoms with E-state index in [2.05, 4.69) is 10.6 Å². The minimum Gasteiger partial charge on any atom is -0.392 e. The lowest BCUT2D eigenvalue weighted by atomic mass is 10.1. The lowest BCUT2D eigenvalue weighted by Gasteiger charge is -2.17.